The van der Waals surface area contributed by atoms with Crippen LogP contribution in [0.15, 0.2) is 71.8 Å². The van der Waals surface area contributed by atoms with Crippen LogP contribution in [-0.4, -0.2) is 66.8 Å². The number of ether oxygens (including phenoxy) is 2. The lowest BCUT2D eigenvalue weighted by molar-refractivity contribution is -0.143. The van der Waals surface area contributed by atoms with Crippen molar-refractivity contribution in [3.63, 3.8) is 0 Å². The molecule has 0 saturated carbocycles. The van der Waals surface area contributed by atoms with Crippen molar-refractivity contribution in [1.29, 1.82) is 0 Å². The number of likely N-dealkylation sites (tertiary alicyclic amines) is 1. The van der Waals surface area contributed by atoms with Crippen LogP contribution in [0.4, 0.5) is 15.9 Å². The van der Waals surface area contributed by atoms with E-state index < -0.39 is 56.8 Å². The van der Waals surface area contributed by atoms with E-state index in [1.165, 1.54) is 61.3 Å². The van der Waals surface area contributed by atoms with Gasteiger partial charge < -0.3 is 30.5 Å². The molecule has 258 valence electrons. The van der Waals surface area contributed by atoms with Crippen LogP contribution in [0.3, 0.4) is 0 Å². The average Bonchev–Trinajstić information content (AvgIpc) is 3.53. The number of nitrogens with two attached hydrogens (primary N) is 1. The number of anilines is 2. The van der Waals surface area contributed by atoms with Gasteiger partial charge in [-0.1, -0.05) is 0 Å². The summed E-state index contributed by atoms with van der Waals surface area (Å²) in [4.78, 5) is 45.2. The maximum atomic E-state index is 15.7. The second kappa shape index (κ2) is 14.1. The highest BCUT2D eigenvalue weighted by molar-refractivity contribution is 7.92. The fourth-order valence-electron chi connectivity index (χ4n) is 6.12. The summed E-state index contributed by atoms with van der Waals surface area (Å²) in [5.74, 6) is -4.17. The van der Waals surface area contributed by atoms with E-state index in [1.54, 1.807) is 31.2 Å². The number of rotatable bonds is 11. The zero-order valence-electron chi connectivity index (χ0n) is 27.3. The van der Waals surface area contributed by atoms with E-state index in [2.05, 4.69) is 10.3 Å². The number of carboxylic acid groups (broad SMARTS) is 1. The maximum Gasteiger partial charge on any atom is 0.337 e. The molecule has 1 saturated heterocycles. The normalized spacial score (nSPS) is 16.8. The van der Waals surface area contributed by atoms with E-state index >= 15 is 4.39 Å². The predicted molar refractivity (Wildman–Crippen MR) is 180 cm³/mol. The highest BCUT2D eigenvalue weighted by Crippen LogP contribution is 2.43. The van der Waals surface area contributed by atoms with Gasteiger partial charge in [-0.25, -0.2) is 22.6 Å². The number of nitrogens with zero attached hydrogens (tertiary/aromatic N) is 2. The van der Waals surface area contributed by atoms with Crippen LogP contribution < -0.4 is 15.8 Å². The maximum absolute atomic E-state index is 15.7. The molecule has 14 heteroatoms. The third kappa shape index (κ3) is 6.86. The van der Waals surface area contributed by atoms with E-state index in [0.717, 1.165) is 7.11 Å². The lowest BCUT2D eigenvalue weighted by atomic mass is 9.92. The molecule has 3 aromatic carbocycles. The van der Waals surface area contributed by atoms with Gasteiger partial charge in [-0.05, 0) is 98.8 Å². The SMILES string of the molecule is CCOc1ccc(F)c([C@@H](Nc2ccc3c(N)nccc3c2)C(=O)N2CCC(C(=O)O)C2c2cc(C(=O)OC)ccc2S(=O)(=O)C(C)C)c1. The summed E-state index contributed by atoms with van der Waals surface area (Å²) >= 11 is 0. The number of halogens is 1. The zero-order chi connectivity index (χ0) is 35.6. The van der Waals surface area contributed by atoms with E-state index in [9.17, 15) is 27.9 Å². The van der Waals surface area contributed by atoms with Crippen molar-refractivity contribution < 1.29 is 41.8 Å². The first-order valence-electron chi connectivity index (χ1n) is 15.6. The standard InChI is InChI=1S/C35H37FN4O8S/c1-5-48-23-8-10-28(36)26(18-23)30(39-22-7-9-24-20(16-22)12-14-38-32(24)37)33(41)40-15-13-25(34(42)43)31(40)27-17-21(35(44)47-4)6-11-29(27)49(45,46)19(2)3/h6-12,14,16-19,25,30-31,39H,5,13,15H2,1-4H3,(H2,37,38)(H,42,43)/t25?,30-,31?/m1/s1. The molecule has 1 fully saturated rings. The molecule has 1 aliphatic heterocycles. The fourth-order valence-corrected chi connectivity index (χ4v) is 7.39. The predicted octanol–water partition coefficient (Wildman–Crippen LogP) is 5.15. The lowest BCUT2D eigenvalue weighted by Gasteiger charge is -2.33. The molecule has 0 bridgehead atoms. The second-order valence-corrected chi connectivity index (χ2v) is 14.3. The van der Waals surface area contributed by atoms with Crippen LogP contribution in [0.5, 0.6) is 5.75 Å². The van der Waals surface area contributed by atoms with Crippen LogP contribution in [0, 0.1) is 11.7 Å². The molecule has 0 aliphatic carbocycles. The van der Waals surface area contributed by atoms with Crippen LogP contribution in [0.2, 0.25) is 0 Å². The van der Waals surface area contributed by atoms with Crippen LogP contribution in [0.25, 0.3) is 10.8 Å². The number of aliphatic carboxylic acids is 1. The van der Waals surface area contributed by atoms with E-state index in [-0.39, 0.29) is 41.2 Å². The molecule has 2 unspecified atom stereocenters. The first-order chi connectivity index (χ1) is 23.3. The molecular formula is C35H37FN4O8S. The highest BCUT2D eigenvalue weighted by atomic mass is 32.2. The van der Waals surface area contributed by atoms with Crippen molar-refractivity contribution in [2.24, 2.45) is 5.92 Å². The molecule has 3 atom stereocenters. The molecule has 1 amide bonds. The highest BCUT2D eigenvalue weighted by Gasteiger charge is 2.46. The summed E-state index contributed by atoms with van der Waals surface area (Å²) in [6.45, 7) is 4.87. The number of pyridine rings is 1. The van der Waals surface area contributed by atoms with Gasteiger partial charge in [0.15, 0.2) is 9.84 Å². The number of benzene rings is 3. The smallest absolute Gasteiger partial charge is 0.337 e. The molecule has 4 aromatic rings. The molecule has 12 nitrogen and oxygen atoms in total. The van der Waals surface area contributed by atoms with Gasteiger partial charge in [0.1, 0.15) is 23.4 Å². The Bertz CT molecular complexity index is 2040. The van der Waals surface area contributed by atoms with Crippen molar-refractivity contribution in [2.75, 3.05) is 31.3 Å². The van der Waals surface area contributed by atoms with Gasteiger partial charge in [-0.15, -0.1) is 0 Å². The summed E-state index contributed by atoms with van der Waals surface area (Å²) in [5.41, 5.74) is 6.28. The quantitative estimate of drug-likeness (QED) is 0.177. The third-order valence-corrected chi connectivity index (χ3v) is 10.8. The fraction of sp³-hybridized carbons (Fsp3) is 0.314. The Balaban J connectivity index is 1.69. The number of methoxy groups -OCH3 is 1. The topological polar surface area (TPSA) is 178 Å². The molecule has 5 rings (SSSR count). The Hall–Kier alpha value is -5.24. The number of hydrogen-bond donors (Lipinski definition) is 3. The number of sulfone groups is 1. The Morgan fingerprint density at radius 3 is 2.53 bits per heavy atom. The van der Waals surface area contributed by atoms with Crippen molar-refractivity contribution in [3.8, 4) is 5.75 Å². The lowest BCUT2D eigenvalue weighted by Crippen LogP contribution is -2.40. The van der Waals surface area contributed by atoms with E-state index in [4.69, 9.17) is 15.2 Å². The minimum absolute atomic E-state index is 0.0290. The molecule has 1 aliphatic rings. The monoisotopic (exact) mass is 692 g/mol. The number of hydrogen-bond acceptors (Lipinski definition) is 10. The van der Waals surface area contributed by atoms with Gasteiger partial charge in [0, 0.05) is 29.4 Å². The number of nitrogen functional groups attached to an aromatic ring is 1. The zero-order valence-corrected chi connectivity index (χ0v) is 28.2. The number of amides is 1. The number of nitrogens with one attached hydrogen (secondary N) is 1. The molecular weight excluding hydrogens is 655 g/mol. The summed E-state index contributed by atoms with van der Waals surface area (Å²) < 4.78 is 53.4. The van der Waals surface area contributed by atoms with Crippen LogP contribution in [-0.2, 0) is 24.2 Å². The Kier molecular flexibility index (Phi) is 10.1. The first kappa shape index (κ1) is 35.1. The van der Waals surface area contributed by atoms with Crippen LogP contribution >= 0.6 is 0 Å². The largest absolute Gasteiger partial charge is 0.494 e. The van der Waals surface area contributed by atoms with Gasteiger partial charge in [0.2, 0.25) is 5.91 Å². The van der Waals surface area contributed by atoms with E-state index in [1.807, 2.05) is 0 Å². The molecule has 0 radical (unpaired) electrons. The first-order valence-corrected chi connectivity index (χ1v) is 17.2. The van der Waals surface area contributed by atoms with Gasteiger partial charge >= 0.3 is 11.9 Å². The van der Waals surface area contributed by atoms with Gasteiger partial charge in [0.05, 0.1) is 41.4 Å². The van der Waals surface area contributed by atoms with Gasteiger partial charge in [0.25, 0.3) is 0 Å². The van der Waals surface area contributed by atoms with Crippen molar-refractivity contribution >= 4 is 50.0 Å². The summed E-state index contributed by atoms with van der Waals surface area (Å²) in [6, 6.07) is 11.8. The average molecular weight is 693 g/mol. The Morgan fingerprint density at radius 2 is 1.86 bits per heavy atom. The summed E-state index contributed by atoms with van der Waals surface area (Å²) in [7, 11) is -2.89. The van der Waals surface area contributed by atoms with Crippen molar-refractivity contribution in [2.45, 2.75) is 49.4 Å². The Morgan fingerprint density at radius 1 is 1.10 bits per heavy atom. The molecule has 1 aromatic heterocycles. The van der Waals surface area contributed by atoms with Gasteiger partial charge in [-0.3, -0.25) is 9.59 Å². The van der Waals surface area contributed by atoms with Crippen molar-refractivity contribution in [1.82, 2.24) is 9.88 Å². The summed E-state index contributed by atoms with van der Waals surface area (Å²) in [5, 5.41) is 13.9. The van der Waals surface area contributed by atoms with Crippen LogP contribution in [0.1, 0.15) is 60.8 Å². The minimum Gasteiger partial charge on any atom is -0.494 e. The van der Waals surface area contributed by atoms with Gasteiger partial charge in [-0.2, -0.15) is 0 Å². The number of carboxylic acids is 1. The second-order valence-electron chi connectivity index (χ2n) is 11.9. The van der Waals surface area contributed by atoms with E-state index in [0.29, 0.717) is 28.0 Å². The molecule has 2 heterocycles. The molecule has 4 N–H and O–H groups in total. The number of fused-ring (bicyclic) bond motifs is 1. The number of aromatic nitrogens is 1. The number of carbonyl (C=O) groups is 3. The number of esters is 1. The third-order valence-electron chi connectivity index (χ3n) is 8.62. The molecule has 0 spiro atoms. The van der Waals surface area contributed by atoms with Crippen molar-refractivity contribution in [3.05, 3.63) is 89.4 Å². The Labute approximate surface area is 282 Å². The molecule has 49 heavy (non-hydrogen) atoms. The summed E-state index contributed by atoms with van der Waals surface area (Å²) in [6.07, 6.45) is 1.49. The minimum atomic E-state index is -4.05. The number of carbonyl (C=O) groups excluding carboxylic acids is 2.